The van der Waals surface area contributed by atoms with Gasteiger partial charge in [0, 0.05) is 0 Å². The molecule has 4 rings (SSSR count). The monoisotopic (exact) mass is 359 g/mol. The van der Waals surface area contributed by atoms with Gasteiger partial charge >= 0.3 is 5.97 Å². The van der Waals surface area contributed by atoms with Crippen molar-refractivity contribution in [1.29, 1.82) is 0 Å². The standard InChI is InChI=1S/C23H37NO2/c1-14(2)21(24)22(25)26-16-7-9-17-15(13-16)6-8-19-18(17)10-12-23(3)11-4-5-20(19)23/h13-14,16-21H,4-12,24H2,1-3H3/t16-,17?,18?,19?,20?,21?,23?/m1/s1. The molecule has 0 saturated heterocycles. The third-order valence-electron chi connectivity index (χ3n) is 8.45. The van der Waals surface area contributed by atoms with Crippen molar-refractivity contribution in [2.75, 3.05) is 0 Å². The fourth-order valence-corrected chi connectivity index (χ4v) is 6.88. The molecular formula is C23H37NO2. The van der Waals surface area contributed by atoms with Crippen molar-refractivity contribution in [1.82, 2.24) is 0 Å². The van der Waals surface area contributed by atoms with Crippen molar-refractivity contribution >= 4 is 5.97 Å². The van der Waals surface area contributed by atoms with E-state index in [1.807, 2.05) is 13.8 Å². The molecule has 0 amide bonds. The highest BCUT2D eigenvalue weighted by Crippen LogP contribution is 2.61. The van der Waals surface area contributed by atoms with Gasteiger partial charge in [-0.1, -0.05) is 32.8 Å². The van der Waals surface area contributed by atoms with Crippen LogP contribution in [0, 0.1) is 35.0 Å². The number of nitrogens with two attached hydrogens (primary N) is 1. The van der Waals surface area contributed by atoms with Crippen LogP contribution in [0.1, 0.15) is 78.6 Å². The highest BCUT2D eigenvalue weighted by Gasteiger charge is 2.52. The van der Waals surface area contributed by atoms with Gasteiger partial charge in [-0.05, 0) is 92.4 Å². The molecule has 0 aromatic heterocycles. The SMILES string of the molecule is CC(C)C(N)C(=O)O[C@H]1C=C2CCC3C(CCC4(C)CCCC34)C2CC1. The van der Waals surface area contributed by atoms with E-state index in [0.717, 1.165) is 30.1 Å². The number of rotatable bonds is 3. The number of fused-ring (bicyclic) bond motifs is 5. The summed E-state index contributed by atoms with van der Waals surface area (Å²) in [5.74, 6) is 3.47. The molecule has 4 aliphatic rings. The van der Waals surface area contributed by atoms with Crippen LogP contribution in [-0.2, 0) is 9.53 Å². The molecule has 26 heavy (non-hydrogen) atoms. The Balaban J connectivity index is 1.44. The third-order valence-corrected chi connectivity index (χ3v) is 8.45. The maximum Gasteiger partial charge on any atom is 0.323 e. The van der Waals surface area contributed by atoms with Gasteiger partial charge in [-0.15, -0.1) is 0 Å². The molecule has 3 nitrogen and oxygen atoms in total. The molecule has 0 radical (unpaired) electrons. The summed E-state index contributed by atoms with van der Waals surface area (Å²) >= 11 is 0. The van der Waals surface area contributed by atoms with Gasteiger partial charge < -0.3 is 10.5 Å². The predicted octanol–water partition coefficient (Wildman–Crippen LogP) is 4.84. The van der Waals surface area contributed by atoms with E-state index < -0.39 is 6.04 Å². The van der Waals surface area contributed by atoms with Gasteiger partial charge in [0.25, 0.3) is 0 Å². The minimum Gasteiger partial charge on any atom is -0.457 e. The normalized spacial score (nSPS) is 43.1. The van der Waals surface area contributed by atoms with E-state index in [0.29, 0.717) is 5.41 Å². The Morgan fingerprint density at radius 2 is 1.96 bits per heavy atom. The summed E-state index contributed by atoms with van der Waals surface area (Å²) in [6, 6.07) is -0.500. The molecule has 6 unspecified atom stereocenters. The molecule has 3 saturated carbocycles. The first-order valence-electron chi connectivity index (χ1n) is 11.1. The smallest absolute Gasteiger partial charge is 0.323 e. The summed E-state index contributed by atoms with van der Waals surface area (Å²) in [6.45, 7) is 6.52. The molecule has 0 aromatic carbocycles. The molecular weight excluding hydrogens is 322 g/mol. The van der Waals surface area contributed by atoms with Crippen molar-refractivity contribution in [2.24, 2.45) is 40.7 Å². The quantitative estimate of drug-likeness (QED) is 0.579. The number of hydrogen-bond donors (Lipinski definition) is 1. The molecule has 0 spiro atoms. The Morgan fingerprint density at radius 1 is 1.15 bits per heavy atom. The second-order valence-electron chi connectivity index (χ2n) is 10.2. The largest absolute Gasteiger partial charge is 0.457 e. The first-order valence-corrected chi connectivity index (χ1v) is 11.1. The van der Waals surface area contributed by atoms with Crippen LogP contribution in [0.3, 0.4) is 0 Å². The van der Waals surface area contributed by atoms with E-state index in [9.17, 15) is 4.79 Å². The van der Waals surface area contributed by atoms with Crippen LogP contribution in [0.2, 0.25) is 0 Å². The summed E-state index contributed by atoms with van der Waals surface area (Å²) in [5, 5.41) is 0. The summed E-state index contributed by atoms with van der Waals surface area (Å²) in [5.41, 5.74) is 8.20. The van der Waals surface area contributed by atoms with Crippen LogP contribution in [-0.4, -0.2) is 18.1 Å². The lowest BCUT2D eigenvalue weighted by atomic mass is 9.52. The van der Waals surface area contributed by atoms with Crippen molar-refractivity contribution in [3.63, 3.8) is 0 Å². The number of allylic oxidation sites excluding steroid dienone is 1. The van der Waals surface area contributed by atoms with Gasteiger partial charge in [0.15, 0.2) is 0 Å². The predicted molar refractivity (Wildman–Crippen MR) is 104 cm³/mol. The highest BCUT2D eigenvalue weighted by atomic mass is 16.5. The first-order chi connectivity index (χ1) is 12.4. The fourth-order valence-electron chi connectivity index (χ4n) is 6.88. The van der Waals surface area contributed by atoms with Gasteiger partial charge in [0.1, 0.15) is 12.1 Å². The molecule has 0 heterocycles. The van der Waals surface area contributed by atoms with E-state index in [2.05, 4.69) is 13.0 Å². The minimum absolute atomic E-state index is 0.0459. The summed E-state index contributed by atoms with van der Waals surface area (Å²) in [6.07, 6.45) is 14.3. The Hall–Kier alpha value is -0.830. The summed E-state index contributed by atoms with van der Waals surface area (Å²) in [4.78, 5) is 12.2. The van der Waals surface area contributed by atoms with Gasteiger partial charge in [0.2, 0.25) is 0 Å². The van der Waals surface area contributed by atoms with E-state index in [4.69, 9.17) is 10.5 Å². The molecule has 0 aliphatic heterocycles. The van der Waals surface area contributed by atoms with Gasteiger partial charge in [-0.3, -0.25) is 4.79 Å². The Labute approximate surface area is 159 Å². The maximum atomic E-state index is 12.2. The van der Waals surface area contributed by atoms with Gasteiger partial charge in [-0.2, -0.15) is 0 Å². The average molecular weight is 360 g/mol. The van der Waals surface area contributed by atoms with Crippen LogP contribution >= 0.6 is 0 Å². The maximum absolute atomic E-state index is 12.2. The van der Waals surface area contributed by atoms with Gasteiger partial charge in [0.05, 0.1) is 0 Å². The van der Waals surface area contributed by atoms with Crippen molar-refractivity contribution in [3.05, 3.63) is 11.6 Å². The molecule has 3 heteroatoms. The molecule has 3 fully saturated rings. The lowest BCUT2D eigenvalue weighted by Gasteiger charge is -2.53. The number of carbonyl (C=O) groups excluding carboxylic acids is 1. The molecule has 7 atom stereocenters. The van der Waals surface area contributed by atoms with Crippen LogP contribution in [0.25, 0.3) is 0 Å². The van der Waals surface area contributed by atoms with E-state index in [1.54, 1.807) is 5.57 Å². The van der Waals surface area contributed by atoms with E-state index in [1.165, 1.54) is 51.4 Å². The lowest BCUT2D eigenvalue weighted by molar-refractivity contribution is -0.150. The molecule has 4 aliphatic carbocycles. The average Bonchev–Trinajstić information content (AvgIpc) is 3.02. The Morgan fingerprint density at radius 3 is 2.73 bits per heavy atom. The third kappa shape index (κ3) is 3.15. The lowest BCUT2D eigenvalue weighted by Crippen LogP contribution is -2.45. The molecule has 2 N–H and O–H groups in total. The Bertz CT molecular complexity index is 583. The van der Waals surface area contributed by atoms with Gasteiger partial charge in [-0.25, -0.2) is 0 Å². The van der Waals surface area contributed by atoms with E-state index >= 15 is 0 Å². The number of ether oxygens (including phenoxy) is 1. The van der Waals surface area contributed by atoms with Crippen molar-refractivity contribution in [2.45, 2.75) is 90.7 Å². The number of hydrogen-bond acceptors (Lipinski definition) is 3. The fraction of sp³-hybridized carbons (Fsp3) is 0.870. The summed E-state index contributed by atoms with van der Waals surface area (Å²) in [7, 11) is 0. The zero-order valence-corrected chi connectivity index (χ0v) is 16.9. The van der Waals surface area contributed by atoms with E-state index in [-0.39, 0.29) is 18.0 Å². The zero-order chi connectivity index (χ0) is 18.5. The second kappa shape index (κ2) is 6.96. The molecule has 0 bridgehead atoms. The molecule has 146 valence electrons. The Kier molecular flexibility index (Phi) is 4.96. The highest BCUT2D eigenvalue weighted by molar-refractivity contribution is 5.76. The van der Waals surface area contributed by atoms with Crippen LogP contribution in [0.5, 0.6) is 0 Å². The van der Waals surface area contributed by atoms with Crippen LogP contribution in [0.4, 0.5) is 0 Å². The number of esters is 1. The first kappa shape index (κ1) is 18.5. The van der Waals surface area contributed by atoms with Crippen LogP contribution in [0.15, 0.2) is 11.6 Å². The zero-order valence-electron chi connectivity index (χ0n) is 16.9. The summed E-state index contributed by atoms with van der Waals surface area (Å²) < 4.78 is 5.74. The van der Waals surface area contributed by atoms with Crippen molar-refractivity contribution < 1.29 is 9.53 Å². The second-order valence-corrected chi connectivity index (χ2v) is 10.2. The number of carbonyl (C=O) groups is 1. The minimum atomic E-state index is -0.500. The van der Waals surface area contributed by atoms with Crippen molar-refractivity contribution in [3.8, 4) is 0 Å². The van der Waals surface area contributed by atoms with Crippen LogP contribution < -0.4 is 5.73 Å². The topological polar surface area (TPSA) is 52.3 Å². The molecule has 0 aromatic rings.